The Kier molecular flexibility index (Phi) is 3.80. The average Bonchev–Trinajstić information content (AvgIpc) is 3.01. The molecule has 0 saturated carbocycles. The van der Waals surface area contributed by atoms with Gasteiger partial charge in [0.05, 0.1) is 0 Å². The first-order chi connectivity index (χ1) is 9.42. The van der Waals surface area contributed by atoms with Crippen molar-refractivity contribution in [3.05, 3.63) is 65.7 Å². The highest BCUT2D eigenvalue weighted by atomic mass is 16.5. The van der Waals surface area contributed by atoms with E-state index in [2.05, 4.69) is 41.7 Å². The van der Waals surface area contributed by atoms with Crippen molar-refractivity contribution < 1.29 is 4.74 Å². The van der Waals surface area contributed by atoms with Crippen LogP contribution in [0.2, 0.25) is 0 Å². The minimum absolute atomic E-state index is 0.531. The van der Waals surface area contributed by atoms with Crippen LogP contribution in [0.4, 0.5) is 0 Å². The zero-order valence-corrected chi connectivity index (χ0v) is 11.0. The quantitative estimate of drug-likeness (QED) is 0.897. The molecule has 1 aliphatic rings. The highest BCUT2D eigenvalue weighted by Gasteiger charge is 2.15. The molecule has 2 heteroatoms. The Bertz CT molecular complexity index is 501. The van der Waals surface area contributed by atoms with Crippen LogP contribution in [0, 0.1) is 0 Å². The summed E-state index contributed by atoms with van der Waals surface area (Å²) in [4.78, 5) is 0. The molecule has 19 heavy (non-hydrogen) atoms. The second-order valence-corrected chi connectivity index (χ2v) is 4.99. The lowest BCUT2D eigenvalue weighted by molar-refractivity contribution is 0.306. The van der Waals surface area contributed by atoms with Crippen LogP contribution >= 0.6 is 0 Å². The van der Waals surface area contributed by atoms with Gasteiger partial charge in [-0.2, -0.15) is 0 Å². The van der Waals surface area contributed by atoms with Gasteiger partial charge in [0.2, 0.25) is 0 Å². The van der Waals surface area contributed by atoms with E-state index in [0.717, 1.165) is 12.3 Å². The zero-order valence-electron chi connectivity index (χ0n) is 11.0. The molecule has 0 amide bonds. The van der Waals surface area contributed by atoms with Crippen LogP contribution in [0.15, 0.2) is 54.6 Å². The molecule has 2 aromatic carbocycles. The van der Waals surface area contributed by atoms with Gasteiger partial charge in [0.15, 0.2) is 0 Å². The van der Waals surface area contributed by atoms with Crippen molar-refractivity contribution >= 4 is 0 Å². The molecule has 98 valence electrons. The number of rotatable bonds is 4. The normalized spacial score (nSPS) is 18.4. The van der Waals surface area contributed by atoms with Crippen molar-refractivity contribution in [3.8, 4) is 5.75 Å². The predicted octanol–water partition coefficient (Wildman–Crippen LogP) is 3.69. The summed E-state index contributed by atoms with van der Waals surface area (Å²) in [5.74, 6) is 0.936. The minimum atomic E-state index is 0.531. The molecule has 1 heterocycles. The van der Waals surface area contributed by atoms with Gasteiger partial charge in [0.1, 0.15) is 12.4 Å². The fourth-order valence-corrected chi connectivity index (χ4v) is 2.51. The maximum absolute atomic E-state index is 5.79. The summed E-state index contributed by atoms with van der Waals surface area (Å²) in [6.07, 6.45) is 2.52. The van der Waals surface area contributed by atoms with Crippen molar-refractivity contribution in [2.75, 3.05) is 6.54 Å². The maximum Gasteiger partial charge on any atom is 0.119 e. The second kappa shape index (κ2) is 5.89. The molecule has 2 nitrogen and oxygen atoms in total. The first kappa shape index (κ1) is 12.2. The molecule has 1 N–H and O–H groups in total. The number of nitrogens with one attached hydrogen (secondary N) is 1. The molecule has 0 spiro atoms. The fraction of sp³-hybridized carbons (Fsp3) is 0.294. The summed E-state index contributed by atoms with van der Waals surface area (Å²) in [5, 5.41) is 3.51. The smallest absolute Gasteiger partial charge is 0.119 e. The van der Waals surface area contributed by atoms with E-state index in [1.54, 1.807) is 0 Å². The fourth-order valence-electron chi connectivity index (χ4n) is 2.51. The van der Waals surface area contributed by atoms with Gasteiger partial charge < -0.3 is 10.1 Å². The van der Waals surface area contributed by atoms with Crippen LogP contribution in [0.1, 0.15) is 30.0 Å². The van der Waals surface area contributed by atoms with Crippen LogP contribution in [0.3, 0.4) is 0 Å². The molecule has 1 aliphatic heterocycles. The van der Waals surface area contributed by atoms with Crippen molar-refractivity contribution in [3.63, 3.8) is 0 Å². The van der Waals surface area contributed by atoms with Crippen molar-refractivity contribution in [2.24, 2.45) is 0 Å². The van der Waals surface area contributed by atoms with E-state index in [1.807, 2.05) is 18.2 Å². The van der Waals surface area contributed by atoms with Gasteiger partial charge in [-0.25, -0.2) is 0 Å². The van der Waals surface area contributed by atoms with Crippen molar-refractivity contribution in [1.82, 2.24) is 5.32 Å². The number of benzene rings is 2. The van der Waals surface area contributed by atoms with Gasteiger partial charge in [0, 0.05) is 6.04 Å². The SMILES string of the molecule is c1ccc(COc2ccc([C@H]3CCCN3)cc2)cc1. The third kappa shape index (κ3) is 3.15. The molecule has 0 aliphatic carbocycles. The number of ether oxygens (including phenoxy) is 1. The Morgan fingerprint density at radius 3 is 2.47 bits per heavy atom. The Balaban J connectivity index is 1.60. The zero-order chi connectivity index (χ0) is 12.9. The van der Waals surface area contributed by atoms with Crippen LogP contribution in [0.5, 0.6) is 5.75 Å². The molecular formula is C17H19NO. The van der Waals surface area contributed by atoms with Gasteiger partial charge >= 0.3 is 0 Å². The molecule has 1 saturated heterocycles. The van der Waals surface area contributed by atoms with Crippen molar-refractivity contribution in [2.45, 2.75) is 25.5 Å². The summed E-state index contributed by atoms with van der Waals surface area (Å²) in [6.45, 7) is 1.76. The Morgan fingerprint density at radius 1 is 1.00 bits per heavy atom. The Morgan fingerprint density at radius 2 is 1.79 bits per heavy atom. The number of hydrogen-bond acceptors (Lipinski definition) is 2. The van der Waals surface area contributed by atoms with E-state index in [1.165, 1.54) is 24.0 Å². The van der Waals surface area contributed by atoms with Gasteiger partial charge in [-0.05, 0) is 42.6 Å². The first-order valence-corrected chi connectivity index (χ1v) is 6.92. The monoisotopic (exact) mass is 253 g/mol. The third-order valence-electron chi connectivity index (χ3n) is 3.59. The lowest BCUT2D eigenvalue weighted by Gasteiger charge is -2.12. The van der Waals surface area contributed by atoms with Gasteiger partial charge in [-0.1, -0.05) is 42.5 Å². The minimum Gasteiger partial charge on any atom is -0.489 e. The standard InChI is InChI=1S/C17H19NO/c1-2-5-14(6-3-1)13-19-16-10-8-15(9-11-16)17-7-4-12-18-17/h1-3,5-6,8-11,17-18H,4,7,12-13H2/t17-/m1/s1. The summed E-state index contributed by atoms with van der Waals surface area (Å²) < 4.78 is 5.79. The second-order valence-electron chi connectivity index (χ2n) is 4.99. The van der Waals surface area contributed by atoms with E-state index in [9.17, 15) is 0 Å². The molecule has 0 unspecified atom stereocenters. The summed E-state index contributed by atoms with van der Waals surface area (Å²) in [5.41, 5.74) is 2.56. The number of hydrogen-bond donors (Lipinski definition) is 1. The van der Waals surface area contributed by atoms with Crippen molar-refractivity contribution in [1.29, 1.82) is 0 Å². The van der Waals surface area contributed by atoms with Gasteiger partial charge in [0.25, 0.3) is 0 Å². The molecule has 3 rings (SSSR count). The lowest BCUT2D eigenvalue weighted by atomic mass is 10.1. The largest absolute Gasteiger partial charge is 0.489 e. The van der Waals surface area contributed by atoms with Crippen LogP contribution < -0.4 is 10.1 Å². The first-order valence-electron chi connectivity index (χ1n) is 6.92. The average molecular weight is 253 g/mol. The Hall–Kier alpha value is -1.80. The third-order valence-corrected chi connectivity index (χ3v) is 3.59. The molecule has 0 bridgehead atoms. The predicted molar refractivity (Wildman–Crippen MR) is 77.2 cm³/mol. The molecular weight excluding hydrogens is 234 g/mol. The molecule has 1 fully saturated rings. The van der Waals surface area contributed by atoms with E-state index < -0.39 is 0 Å². The molecule has 1 atom stereocenters. The highest BCUT2D eigenvalue weighted by Crippen LogP contribution is 2.24. The molecule has 2 aromatic rings. The summed E-state index contributed by atoms with van der Waals surface area (Å²) >= 11 is 0. The highest BCUT2D eigenvalue weighted by molar-refractivity contribution is 5.30. The lowest BCUT2D eigenvalue weighted by Crippen LogP contribution is -2.12. The topological polar surface area (TPSA) is 21.3 Å². The van der Waals surface area contributed by atoms with E-state index >= 15 is 0 Å². The van der Waals surface area contributed by atoms with E-state index in [-0.39, 0.29) is 0 Å². The van der Waals surface area contributed by atoms with Crippen LogP contribution in [-0.2, 0) is 6.61 Å². The summed E-state index contributed by atoms with van der Waals surface area (Å²) in [6, 6.07) is 19.3. The molecule has 0 radical (unpaired) electrons. The van der Waals surface area contributed by atoms with E-state index in [0.29, 0.717) is 12.6 Å². The van der Waals surface area contributed by atoms with E-state index in [4.69, 9.17) is 4.74 Å². The Labute approximate surface area is 114 Å². The summed E-state index contributed by atoms with van der Waals surface area (Å²) in [7, 11) is 0. The maximum atomic E-state index is 5.79. The molecule has 0 aromatic heterocycles. The van der Waals surface area contributed by atoms with Gasteiger partial charge in [-0.3, -0.25) is 0 Å². The van der Waals surface area contributed by atoms with Crippen LogP contribution in [-0.4, -0.2) is 6.54 Å². The van der Waals surface area contributed by atoms with Gasteiger partial charge in [-0.15, -0.1) is 0 Å². The van der Waals surface area contributed by atoms with Crippen LogP contribution in [0.25, 0.3) is 0 Å².